The Kier molecular flexibility index (Phi) is 2.47. The van der Waals surface area contributed by atoms with E-state index in [2.05, 4.69) is 0 Å². The monoisotopic (exact) mass is 174 g/mol. The Morgan fingerprint density at radius 2 is 2.08 bits per heavy atom. The van der Waals surface area contributed by atoms with E-state index in [9.17, 15) is 10.2 Å². The van der Waals surface area contributed by atoms with Crippen molar-refractivity contribution in [1.29, 1.82) is 0 Å². The van der Waals surface area contributed by atoms with E-state index < -0.39 is 11.7 Å². The average molecular weight is 174 g/mol. The summed E-state index contributed by atoms with van der Waals surface area (Å²) in [5, 5.41) is 19.0. The minimum atomic E-state index is -0.688. The first-order valence-electron chi connectivity index (χ1n) is 4.38. The first kappa shape index (κ1) is 9.96. The smallest absolute Gasteiger partial charge is 0.115 e. The van der Waals surface area contributed by atoms with Gasteiger partial charge in [-0.2, -0.15) is 0 Å². The van der Waals surface area contributed by atoms with Gasteiger partial charge < -0.3 is 14.9 Å². The predicted octanol–water partition coefficient (Wildman–Crippen LogP) is 0.687. The van der Waals surface area contributed by atoms with E-state index in [1.807, 2.05) is 6.92 Å². The number of aliphatic hydroxyl groups is 2. The molecule has 0 aromatic rings. The summed E-state index contributed by atoms with van der Waals surface area (Å²) in [5.74, 6) is 0. The fourth-order valence-electron chi connectivity index (χ4n) is 1.10. The molecule has 1 aliphatic rings. The number of aliphatic hydroxyl groups excluding tert-OH is 1. The maximum absolute atomic E-state index is 9.58. The highest BCUT2D eigenvalue weighted by atomic mass is 16.6. The van der Waals surface area contributed by atoms with Gasteiger partial charge in [-0.25, -0.2) is 0 Å². The van der Waals surface area contributed by atoms with Gasteiger partial charge in [0.1, 0.15) is 5.60 Å². The van der Waals surface area contributed by atoms with E-state index in [0.29, 0.717) is 19.4 Å². The van der Waals surface area contributed by atoms with Gasteiger partial charge in [-0.1, -0.05) is 0 Å². The largest absolute Gasteiger partial charge is 0.390 e. The highest BCUT2D eigenvalue weighted by molar-refractivity contribution is 4.94. The van der Waals surface area contributed by atoms with Gasteiger partial charge in [0.2, 0.25) is 0 Å². The molecule has 2 atom stereocenters. The molecule has 2 N–H and O–H groups in total. The molecule has 1 saturated heterocycles. The SMILES string of the molecule is CC(C)(O)CC[C@H](O)[C@@]1(C)CO1. The lowest BCUT2D eigenvalue weighted by Crippen LogP contribution is -2.29. The van der Waals surface area contributed by atoms with E-state index in [1.165, 1.54) is 0 Å². The maximum atomic E-state index is 9.58. The van der Waals surface area contributed by atoms with Gasteiger partial charge in [0, 0.05) is 0 Å². The summed E-state index contributed by atoms with van der Waals surface area (Å²) in [7, 11) is 0. The van der Waals surface area contributed by atoms with Gasteiger partial charge in [-0.3, -0.25) is 0 Å². The quantitative estimate of drug-likeness (QED) is 0.616. The summed E-state index contributed by atoms with van der Waals surface area (Å²) in [6.45, 7) is 6.02. The second kappa shape index (κ2) is 2.98. The minimum absolute atomic E-state index is 0.328. The number of hydrogen-bond donors (Lipinski definition) is 2. The number of rotatable bonds is 4. The molecule has 12 heavy (non-hydrogen) atoms. The number of hydrogen-bond acceptors (Lipinski definition) is 3. The molecule has 0 saturated carbocycles. The summed E-state index contributed by atoms with van der Waals surface area (Å²) < 4.78 is 5.09. The molecular weight excluding hydrogens is 156 g/mol. The van der Waals surface area contributed by atoms with Crippen molar-refractivity contribution >= 4 is 0 Å². The summed E-state index contributed by atoms with van der Waals surface area (Å²) >= 11 is 0. The molecule has 3 heteroatoms. The molecule has 72 valence electrons. The van der Waals surface area contributed by atoms with Crippen molar-refractivity contribution in [3.05, 3.63) is 0 Å². The summed E-state index contributed by atoms with van der Waals surface area (Å²) in [6, 6.07) is 0. The van der Waals surface area contributed by atoms with E-state index in [0.717, 1.165) is 0 Å². The predicted molar refractivity (Wildman–Crippen MR) is 45.9 cm³/mol. The van der Waals surface area contributed by atoms with E-state index in [-0.39, 0.29) is 5.60 Å². The molecule has 1 rings (SSSR count). The summed E-state index contributed by atoms with van der Waals surface area (Å²) in [6.07, 6.45) is 0.761. The zero-order valence-electron chi connectivity index (χ0n) is 8.00. The van der Waals surface area contributed by atoms with Crippen molar-refractivity contribution in [3.8, 4) is 0 Å². The molecule has 0 radical (unpaired) electrons. The van der Waals surface area contributed by atoms with Crippen LogP contribution in [0.25, 0.3) is 0 Å². The molecule has 0 amide bonds. The van der Waals surface area contributed by atoms with Crippen molar-refractivity contribution in [2.45, 2.75) is 50.9 Å². The van der Waals surface area contributed by atoms with Crippen molar-refractivity contribution in [2.24, 2.45) is 0 Å². The number of ether oxygens (including phenoxy) is 1. The van der Waals surface area contributed by atoms with Crippen LogP contribution in [0.3, 0.4) is 0 Å². The fourth-order valence-corrected chi connectivity index (χ4v) is 1.10. The lowest BCUT2D eigenvalue weighted by molar-refractivity contribution is 0.0266. The normalized spacial score (nSPS) is 31.8. The van der Waals surface area contributed by atoms with Crippen LogP contribution in [0.1, 0.15) is 33.6 Å². The van der Waals surface area contributed by atoms with Gasteiger partial charge in [0.15, 0.2) is 0 Å². The second-order valence-corrected chi connectivity index (χ2v) is 4.47. The molecule has 0 aliphatic carbocycles. The molecule has 0 bridgehead atoms. The van der Waals surface area contributed by atoms with Crippen molar-refractivity contribution < 1.29 is 14.9 Å². The van der Waals surface area contributed by atoms with Gasteiger partial charge >= 0.3 is 0 Å². The standard InChI is InChI=1S/C9H18O3/c1-8(2,11)5-4-7(10)9(3)6-12-9/h7,10-11H,4-6H2,1-3H3/t7-,9+/m0/s1. The summed E-state index contributed by atoms with van der Waals surface area (Å²) in [4.78, 5) is 0. The minimum Gasteiger partial charge on any atom is -0.390 e. The third-order valence-corrected chi connectivity index (χ3v) is 2.33. The highest BCUT2D eigenvalue weighted by Crippen LogP contribution is 2.33. The highest BCUT2D eigenvalue weighted by Gasteiger charge is 2.46. The maximum Gasteiger partial charge on any atom is 0.115 e. The first-order chi connectivity index (χ1) is 5.33. The average Bonchev–Trinajstić information content (AvgIpc) is 2.62. The molecule has 1 heterocycles. The Hall–Kier alpha value is -0.120. The third-order valence-electron chi connectivity index (χ3n) is 2.33. The molecule has 0 spiro atoms. The van der Waals surface area contributed by atoms with Crippen LogP contribution in [-0.4, -0.2) is 34.1 Å². The zero-order valence-corrected chi connectivity index (χ0v) is 8.00. The van der Waals surface area contributed by atoms with Crippen LogP contribution in [0.15, 0.2) is 0 Å². The molecule has 0 aromatic heterocycles. The Bertz CT molecular complexity index is 156. The van der Waals surface area contributed by atoms with E-state index >= 15 is 0 Å². The van der Waals surface area contributed by atoms with E-state index in [1.54, 1.807) is 13.8 Å². The Morgan fingerprint density at radius 1 is 1.58 bits per heavy atom. The first-order valence-corrected chi connectivity index (χ1v) is 4.38. The third kappa shape index (κ3) is 2.73. The van der Waals surface area contributed by atoms with Crippen LogP contribution in [-0.2, 0) is 4.74 Å². The van der Waals surface area contributed by atoms with E-state index in [4.69, 9.17) is 4.74 Å². The Morgan fingerprint density at radius 3 is 2.42 bits per heavy atom. The van der Waals surface area contributed by atoms with Crippen LogP contribution in [0.4, 0.5) is 0 Å². The molecule has 1 fully saturated rings. The van der Waals surface area contributed by atoms with Crippen LogP contribution < -0.4 is 0 Å². The lowest BCUT2D eigenvalue weighted by Gasteiger charge is -2.21. The Balaban J connectivity index is 2.23. The van der Waals surface area contributed by atoms with Crippen LogP contribution in [0.2, 0.25) is 0 Å². The van der Waals surface area contributed by atoms with Crippen molar-refractivity contribution in [3.63, 3.8) is 0 Å². The molecular formula is C9H18O3. The lowest BCUT2D eigenvalue weighted by atomic mass is 9.95. The molecule has 1 aliphatic heterocycles. The zero-order chi connectivity index (χ0) is 9.41. The van der Waals surface area contributed by atoms with Crippen LogP contribution in [0, 0.1) is 0 Å². The topological polar surface area (TPSA) is 53.0 Å². The van der Waals surface area contributed by atoms with Crippen LogP contribution in [0.5, 0.6) is 0 Å². The van der Waals surface area contributed by atoms with Gasteiger partial charge in [-0.15, -0.1) is 0 Å². The van der Waals surface area contributed by atoms with Crippen molar-refractivity contribution in [1.82, 2.24) is 0 Å². The van der Waals surface area contributed by atoms with Crippen LogP contribution >= 0.6 is 0 Å². The van der Waals surface area contributed by atoms with Gasteiger partial charge in [0.25, 0.3) is 0 Å². The Labute approximate surface area is 73.4 Å². The number of epoxide rings is 1. The van der Waals surface area contributed by atoms with Crippen molar-refractivity contribution in [2.75, 3.05) is 6.61 Å². The molecule has 0 aromatic carbocycles. The van der Waals surface area contributed by atoms with Gasteiger partial charge in [-0.05, 0) is 33.6 Å². The molecule has 0 unspecified atom stereocenters. The second-order valence-electron chi connectivity index (χ2n) is 4.47. The molecule has 3 nitrogen and oxygen atoms in total. The fraction of sp³-hybridized carbons (Fsp3) is 1.00. The summed E-state index contributed by atoms with van der Waals surface area (Å²) in [5.41, 5.74) is -1.02. The van der Waals surface area contributed by atoms with Gasteiger partial charge in [0.05, 0.1) is 18.3 Å².